The number of thioether (sulfide) groups is 1. The van der Waals surface area contributed by atoms with Crippen molar-refractivity contribution in [2.24, 2.45) is 11.3 Å². The summed E-state index contributed by atoms with van der Waals surface area (Å²) >= 11 is 1.66. The second-order valence-corrected chi connectivity index (χ2v) is 7.35. The summed E-state index contributed by atoms with van der Waals surface area (Å²) in [4.78, 5) is 0.862. The number of benzene rings is 1. The first-order chi connectivity index (χ1) is 9.12. The Bertz CT molecular complexity index is 468. The molecule has 1 aliphatic heterocycles. The lowest BCUT2D eigenvalue weighted by Gasteiger charge is -2.29. The van der Waals surface area contributed by atoms with Crippen molar-refractivity contribution in [1.29, 1.82) is 0 Å². The zero-order valence-corrected chi connectivity index (χ0v) is 12.5. The van der Waals surface area contributed by atoms with E-state index < -0.39 is 0 Å². The first kappa shape index (κ1) is 13.4. The Hall–Kier alpha value is -0.540. The van der Waals surface area contributed by atoms with Gasteiger partial charge in [0.25, 0.3) is 0 Å². The molecule has 1 unspecified atom stereocenters. The van der Waals surface area contributed by atoms with E-state index in [0.29, 0.717) is 11.5 Å². The first-order valence-corrected chi connectivity index (χ1v) is 8.25. The fraction of sp³-hybridized carbons (Fsp3) is 0.625. The molecular formula is C16H22FNS. The molecule has 1 atom stereocenters. The summed E-state index contributed by atoms with van der Waals surface area (Å²) in [6, 6.07) is 5.83. The van der Waals surface area contributed by atoms with E-state index >= 15 is 0 Å². The monoisotopic (exact) mass is 279 g/mol. The lowest BCUT2D eigenvalue weighted by Crippen LogP contribution is -2.32. The molecule has 2 aliphatic rings. The molecule has 1 nitrogen and oxygen atoms in total. The highest BCUT2D eigenvalue weighted by molar-refractivity contribution is 7.99. The molecule has 1 aromatic rings. The van der Waals surface area contributed by atoms with Crippen LogP contribution < -0.4 is 5.32 Å². The van der Waals surface area contributed by atoms with Crippen molar-refractivity contribution in [3.05, 3.63) is 29.6 Å². The van der Waals surface area contributed by atoms with E-state index in [2.05, 4.69) is 25.2 Å². The number of hydrogen-bond donors (Lipinski definition) is 1. The maximum atomic E-state index is 13.8. The van der Waals surface area contributed by atoms with Gasteiger partial charge in [0.05, 0.1) is 0 Å². The van der Waals surface area contributed by atoms with Crippen LogP contribution in [0.25, 0.3) is 0 Å². The molecule has 1 aromatic carbocycles. The minimum absolute atomic E-state index is 0.0565. The van der Waals surface area contributed by atoms with Gasteiger partial charge in [-0.2, -0.15) is 0 Å². The lowest BCUT2D eigenvalue weighted by atomic mass is 9.91. The minimum Gasteiger partial charge on any atom is -0.309 e. The number of fused-ring (bicyclic) bond motifs is 1. The van der Waals surface area contributed by atoms with Crippen LogP contribution in [0, 0.1) is 17.2 Å². The van der Waals surface area contributed by atoms with Crippen LogP contribution in [-0.4, -0.2) is 12.3 Å². The summed E-state index contributed by atoms with van der Waals surface area (Å²) in [5.74, 6) is 1.70. The Labute approximate surface area is 119 Å². The number of halogens is 1. The van der Waals surface area contributed by atoms with E-state index in [4.69, 9.17) is 0 Å². The highest BCUT2D eigenvalue weighted by atomic mass is 32.2. The van der Waals surface area contributed by atoms with Gasteiger partial charge < -0.3 is 5.32 Å². The second-order valence-electron chi connectivity index (χ2n) is 6.25. The highest BCUT2D eigenvalue weighted by Gasteiger charge is 2.45. The molecule has 0 radical (unpaired) electrons. The van der Waals surface area contributed by atoms with Crippen molar-refractivity contribution in [1.82, 2.24) is 5.32 Å². The molecule has 1 aliphatic carbocycles. The summed E-state index contributed by atoms with van der Waals surface area (Å²) < 4.78 is 13.8. The molecule has 1 heterocycles. The van der Waals surface area contributed by atoms with Crippen molar-refractivity contribution in [2.45, 2.75) is 44.0 Å². The van der Waals surface area contributed by atoms with Crippen molar-refractivity contribution < 1.29 is 4.39 Å². The molecule has 0 spiro atoms. The van der Waals surface area contributed by atoms with Gasteiger partial charge in [-0.05, 0) is 48.0 Å². The van der Waals surface area contributed by atoms with Gasteiger partial charge in [-0.15, -0.1) is 11.8 Å². The van der Waals surface area contributed by atoms with Gasteiger partial charge in [0, 0.05) is 17.5 Å². The van der Waals surface area contributed by atoms with Crippen LogP contribution in [0.1, 0.15) is 44.7 Å². The van der Waals surface area contributed by atoms with E-state index in [1.54, 1.807) is 17.8 Å². The summed E-state index contributed by atoms with van der Waals surface area (Å²) in [7, 11) is 0. The van der Waals surface area contributed by atoms with Crippen LogP contribution in [0.4, 0.5) is 4.39 Å². The third kappa shape index (κ3) is 2.55. The zero-order valence-electron chi connectivity index (χ0n) is 11.7. The average molecular weight is 279 g/mol. The van der Waals surface area contributed by atoms with Gasteiger partial charge in [-0.3, -0.25) is 0 Å². The average Bonchev–Trinajstić information content (AvgIpc) is 3.18. The maximum absolute atomic E-state index is 13.8. The van der Waals surface area contributed by atoms with E-state index in [0.717, 1.165) is 35.1 Å². The highest BCUT2D eigenvalue weighted by Crippen LogP contribution is 2.51. The predicted molar refractivity (Wildman–Crippen MR) is 79.0 cm³/mol. The molecule has 0 amide bonds. The van der Waals surface area contributed by atoms with Crippen molar-refractivity contribution in [3.63, 3.8) is 0 Å². The Morgan fingerprint density at radius 3 is 2.89 bits per heavy atom. The van der Waals surface area contributed by atoms with E-state index in [-0.39, 0.29) is 5.82 Å². The number of hydrogen-bond acceptors (Lipinski definition) is 2. The summed E-state index contributed by atoms with van der Waals surface area (Å²) in [5.41, 5.74) is 1.67. The summed E-state index contributed by atoms with van der Waals surface area (Å²) in [6.45, 7) is 5.72. The van der Waals surface area contributed by atoms with E-state index in [1.165, 1.54) is 12.8 Å². The fourth-order valence-electron chi connectivity index (χ4n) is 3.04. The first-order valence-electron chi connectivity index (χ1n) is 7.27. The summed E-state index contributed by atoms with van der Waals surface area (Å²) in [5, 5.41) is 3.71. The van der Waals surface area contributed by atoms with Crippen molar-refractivity contribution in [3.8, 4) is 0 Å². The van der Waals surface area contributed by atoms with Gasteiger partial charge in [-0.25, -0.2) is 4.39 Å². The molecule has 1 saturated carbocycles. The molecule has 0 aromatic heterocycles. The normalized spacial score (nSPS) is 24.3. The molecule has 19 heavy (non-hydrogen) atoms. The van der Waals surface area contributed by atoms with E-state index in [9.17, 15) is 4.39 Å². The van der Waals surface area contributed by atoms with Crippen LogP contribution >= 0.6 is 11.8 Å². The second kappa shape index (κ2) is 5.10. The largest absolute Gasteiger partial charge is 0.309 e. The van der Waals surface area contributed by atoms with Gasteiger partial charge in [-0.1, -0.05) is 26.0 Å². The third-order valence-electron chi connectivity index (χ3n) is 4.84. The maximum Gasteiger partial charge on any atom is 0.137 e. The predicted octanol–water partition coefficient (Wildman–Crippen LogP) is 4.39. The van der Waals surface area contributed by atoms with Gasteiger partial charge in [0.2, 0.25) is 0 Å². The molecular weight excluding hydrogens is 257 g/mol. The smallest absolute Gasteiger partial charge is 0.137 e. The summed E-state index contributed by atoms with van der Waals surface area (Å²) in [6.07, 6.45) is 3.79. The number of rotatable bonds is 4. The quantitative estimate of drug-likeness (QED) is 0.877. The van der Waals surface area contributed by atoms with Crippen molar-refractivity contribution >= 4 is 11.8 Å². The minimum atomic E-state index is -0.0565. The standard InChI is InChI=1S/C16H22FNS/c1-11(2)16(7-8-16)10-18-14-6-9-19-15-12(14)4-3-5-13(15)17/h3-5,11,14,18H,6-10H2,1-2H3. The molecule has 0 bridgehead atoms. The molecule has 0 saturated heterocycles. The van der Waals surface area contributed by atoms with Gasteiger partial charge >= 0.3 is 0 Å². The Kier molecular flexibility index (Phi) is 3.61. The molecule has 3 heteroatoms. The fourth-order valence-corrected chi connectivity index (χ4v) is 4.18. The van der Waals surface area contributed by atoms with Crippen LogP contribution in [0.5, 0.6) is 0 Å². The van der Waals surface area contributed by atoms with Crippen LogP contribution in [0.15, 0.2) is 23.1 Å². The van der Waals surface area contributed by atoms with Gasteiger partial charge in [0.1, 0.15) is 5.82 Å². The van der Waals surface area contributed by atoms with Gasteiger partial charge in [0.15, 0.2) is 0 Å². The zero-order chi connectivity index (χ0) is 13.5. The third-order valence-corrected chi connectivity index (χ3v) is 6.00. The Morgan fingerprint density at radius 2 is 2.21 bits per heavy atom. The molecule has 3 rings (SSSR count). The lowest BCUT2D eigenvalue weighted by molar-refractivity contribution is 0.316. The molecule has 1 fully saturated rings. The topological polar surface area (TPSA) is 12.0 Å². The van der Waals surface area contributed by atoms with Crippen molar-refractivity contribution in [2.75, 3.05) is 12.3 Å². The Balaban J connectivity index is 1.72. The Morgan fingerprint density at radius 1 is 1.42 bits per heavy atom. The molecule has 104 valence electrons. The van der Waals surface area contributed by atoms with E-state index in [1.807, 2.05) is 6.07 Å². The van der Waals surface area contributed by atoms with Crippen LogP contribution in [0.3, 0.4) is 0 Å². The number of nitrogens with one attached hydrogen (secondary N) is 1. The SMILES string of the molecule is CC(C)C1(CNC2CCSc3c(F)cccc32)CC1. The molecule has 1 N–H and O–H groups in total. The van der Waals surface area contributed by atoms with Crippen LogP contribution in [-0.2, 0) is 0 Å². The van der Waals surface area contributed by atoms with Crippen LogP contribution in [0.2, 0.25) is 0 Å².